The summed E-state index contributed by atoms with van der Waals surface area (Å²) in [7, 11) is 3.11. The van der Waals surface area contributed by atoms with E-state index in [2.05, 4.69) is 10.6 Å². The Morgan fingerprint density at radius 1 is 1.15 bits per heavy atom. The van der Waals surface area contributed by atoms with Gasteiger partial charge in [0.2, 0.25) is 11.8 Å². The Hall–Kier alpha value is -3.39. The zero-order valence-electron chi connectivity index (χ0n) is 24.7. The molecular formula is C31H46N2O6. The number of esters is 1. The van der Waals surface area contributed by atoms with Crippen molar-refractivity contribution in [2.75, 3.05) is 14.2 Å². The lowest BCUT2D eigenvalue weighted by atomic mass is 9.86. The van der Waals surface area contributed by atoms with Gasteiger partial charge in [-0.05, 0) is 44.4 Å². The van der Waals surface area contributed by atoms with Crippen molar-refractivity contribution >= 4 is 17.8 Å². The van der Waals surface area contributed by atoms with E-state index in [0.717, 1.165) is 12.0 Å². The Kier molecular flexibility index (Phi) is 14.9. The highest BCUT2D eigenvalue weighted by Crippen LogP contribution is 2.23. The average molecular weight is 543 g/mol. The lowest BCUT2D eigenvalue weighted by Crippen LogP contribution is -2.52. The molecule has 39 heavy (non-hydrogen) atoms. The van der Waals surface area contributed by atoms with Gasteiger partial charge in [-0.1, -0.05) is 75.8 Å². The first-order valence-electron chi connectivity index (χ1n) is 13.3. The van der Waals surface area contributed by atoms with Crippen LogP contribution in [0.25, 0.3) is 0 Å². The van der Waals surface area contributed by atoms with Crippen LogP contribution in [0.3, 0.4) is 0 Å². The van der Waals surface area contributed by atoms with E-state index in [9.17, 15) is 14.4 Å². The van der Waals surface area contributed by atoms with E-state index in [1.54, 1.807) is 31.5 Å². The number of nitrogens with one attached hydrogen (secondary N) is 2. The molecule has 8 heteroatoms. The number of carbonyl (C=O) groups excluding carboxylic acids is 3. The standard InChI is InChI=1S/C31H46N2O6/c1-9-10-15-24(37-7)16-13-20-32-29(35)28(31(4,5)6)33-27(34)17-12-11-14-22(2)21-23(3)25-18-19-26(38-8)30(36)39-25/h9-14,17,19-21,23-25,28H,15-16,18H2,1-8H3,(H,32,35)(H,33,34). The maximum atomic E-state index is 12.8. The molecule has 4 unspecified atom stereocenters. The van der Waals surface area contributed by atoms with E-state index in [1.165, 1.54) is 13.2 Å². The molecule has 0 radical (unpaired) electrons. The summed E-state index contributed by atoms with van der Waals surface area (Å²) in [5, 5.41) is 5.57. The van der Waals surface area contributed by atoms with Crippen LogP contribution in [0.15, 0.2) is 72.2 Å². The predicted molar refractivity (Wildman–Crippen MR) is 154 cm³/mol. The molecule has 2 amide bonds. The zero-order chi connectivity index (χ0) is 29.4. The third-order valence-corrected chi connectivity index (χ3v) is 6.17. The van der Waals surface area contributed by atoms with E-state index in [0.29, 0.717) is 12.8 Å². The van der Waals surface area contributed by atoms with Crippen molar-refractivity contribution in [3.63, 3.8) is 0 Å². The van der Waals surface area contributed by atoms with Crippen molar-refractivity contribution in [3.05, 3.63) is 72.2 Å². The molecule has 1 rings (SSSR count). The van der Waals surface area contributed by atoms with Crippen LogP contribution in [-0.2, 0) is 28.6 Å². The first-order valence-corrected chi connectivity index (χ1v) is 13.3. The Bertz CT molecular complexity index is 997. The van der Waals surface area contributed by atoms with Crippen LogP contribution in [0.2, 0.25) is 0 Å². The molecule has 1 aliphatic rings. The number of hydrogen-bond acceptors (Lipinski definition) is 6. The highest BCUT2D eigenvalue weighted by molar-refractivity contribution is 5.93. The van der Waals surface area contributed by atoms with Gasteiger partial charge < -0.3 is 24.8 Å². The summed E-state index contributed by atoms with van der Waals surface area (Å²) in [6.45, 7) is 11.6. The first kappa shape index (κ1) is 33.6. The summed E-state index contributed by atoms with van der Waals surface area (Å²) in [4.78, 5) is 37.2. The molecule has 0 fully saturated rings. The molecule has 216 valence electrons. The largest absolute Gasteiger partial charge is 0.490 e. The van der Waals surface area contributed by atoms with E-state index in [-0.39, 0.29) is 35.7 Å². The average Bonchev–Trinajstić information content (AvgIpc) is 2.88. The monoisotopic (exact) mass is 542 g/mol. The topological polar surface area (TPSA) is 103 Å². The fourth-order valence-corrected chi connectivity index (χ4v) is 3.85. The van der Waals surface area contributed by atoms with Gasteiger partial charge in [-0.3, -0.25) is 9.59 Å². The molecule has 0 aliphatic carbocycles. The van der Waals surface area contributed by atoms with Crippen LogP contribution in [-0.4, -0.2) is 50.3 Å². The summed E-state index contributed by atoms with van der Waals surface area (Å²) in [5.41, 5.74) is 0.473. The van der Waals surface area contributed by atoms with Crippen LogP contribution in [0.4, 0.5) is 0 Å². The highest BCUT2D eigenvalue weighted by atomic mass is 16.6. The molecule has 0 aromatic rings. The van der Waals surface area contributed by atoms with Crippen molar-refractivity contribution in [2.45, 2.75) is 79.1 Å². The second-order valence-electron chi connectivity index (χ2n) is 10.6. The molecule has 0 bridgehead atoms. The lowest BCUT2D eigenvalue weighted by Gasteiger charge is -2.29. The van der Waals surface area contributed by atoms with Crippen molar-refractivity contribution in [3.8, 4) is 0 Å². The van der Waals surface area contributed by atoms with E-state index >= 15 is 0 Å². The quantitative estimate of drug-likeness (QED) is 0.138. The molecule has 4 atom stereocenters. The molecule has 2 N–H and O–H groups in total. The molecule has 0 spiro atoms. The van der Waals surface area contributed by atoms with Gasteiger partial charge in [0.05, 0.1) is 13.2 Å². The maximum absolute atomic E-state index is 12.8. The molecule has 0 saturated carbocycles. The predicted octanol–water partition coefficient (Wildman–Crippen LogP) is 5.06. The van der Waals surface area contributed by atoms with E-state index < -0.39 is 17.4 Å². The number of methoxy groups -OCH3 is 2. The van der Waals surface area contributed by atoms with Gasteiger partial charge in [0.15, 0.2) is 5.76 Å². The SMILES string of the molecule is CC=CCC(CC=CNC(=O)C(NC(=O)C=CC=CC(C)=CC(C)C1CC=C(OC)C(=O)O1)C(C)(C)C)OC. The van der Waals surface area contributed by atoms with E-state index in [4.69, 9.17) is 14.2 Å². The number of amides is 2. The molecule has 0 aromatic carbocycles. The molecule has 8 nitrogen and oxygen atoms in total. The number of ether oxygens (including phenoxy) is 3. The number of allylic oxidation sites excluding steroid dienone is 5. The highest BCUT2D eigenvalue weighted by Gasteiger charge is 2.32. The van der Waals surface area contributed by atoms with Gasteiger partial charge in [0, 0.05) is 25.5 Å². The number of rotatable bonds is 14. The minimum Gasteiger partial charge on any atom is -0.490 e. The van der Waals surface area contributed by atoms with Crippen molar-refractivity contribution in [1.82, 2.24) is 10.6 Å². The summed E-state index contributed by atoms with van der Waals surface area (Å²) >= 11 is 0. The third-order valence-electron chi connectivity index (χ3n) is 6.17. The van der Waals surface area contributed by atoms with Gasteiger partial charge in [0.25, 0.3) is 0 Å². The summed E-state index contributed by atoms with van der Waals surface area (Å²) in [5.74, 6) is -0.860. The van der Waals surface area contributed by atoms with Gasteiger partial charge in [0.1, 0.15) is 12.1 Å². The summed E-state index contributed by atoms with van der Waals surface area (Å²) in [6.07, 6.45) is 19.7. The van der Waals surface area contributed by atoms with Crippen molar-refractivity contribution in [1.29, 1.82) is 0 Å². The van der Waals surface area contributed by atoms with Crippen molar-refractivity contribution in [2.24, 2.45) is 11.3 Å². The smallest absolute Gasteiger partial charge is 0.373 e. The Labute approximate surface area is 233 Å². The minimum atomic E-state index is -0.724. The fraction of sp³-hybridized carbons (Fsp3) is 0.516. The summed E-state index contributed by atoms with van der Waals surface area (Å²) < 4.78 is 15.8. The minimum absolute atomic E-state index is 0.00852. The van der Waals surface area contributed by atoms with E-state index in [1.807, 2.05) is 71.9 Å². The van der Waals surface area contributed by atoms with Crippen molar-refractivity contribution < 1.29 is 28.6 Å². The normalized spacial score (nSPS) is 19.3. The maximum Gasteiger partial charge on any atom is 0.373 e. The number of hydrogen-bond donors (Lipinski definition) is 2. The van der Waals surface area contributed by atoms with Crippen LogP contribution in [0, 0.1) is 11.3 Å². The molecule has 0 saturated heterocycles. The lowest BCUT2D eigenvalue weighted by molar-refractivity contribution is -0.151. The number of cyclic esters (lactones) is 1. The Morgan fingerprint density at radius 3 is 2.41 bits per heavy atom. The van der Waals surface area contributed by atoms with Gasteiger partial charge in [-0.2, -0.15) is 0 Å². The number of carbonyl (C=O) groups is 3. The Balaban J connectivity index is 2.66. The molecule has 0 aromatic heterocycles. The molecular weight excluding hydrogens is 496 g/mol. The second-order valence-corrected chi connectivity index (χ2v) is 10.6. The first-order chi connectivity index (χ1) is 18.4. The van der Waals surface area contributed by atoms with Crippen LogP contribution in [0.5, 0.6) is 0 Å². The third kappa shape index (κ3) is 12.8. The summed E-state index contributed by atoms with van der Waals surface area (Å²) in [6, 6.07) is -0.724. The fourth-order valence-electron chi connectivity index (χ4n) is 3.85. The van der Waals surface area contributed by atoms with Gasteiger partial charge in [-0.25, -0.2) is 4.79 Å². The Morgan fingerprint density at radius 2 is 1.82 bits per heavy atom. The molecule has 1 heterocycles. The molecule has 1 aliphatic heterocycles. The van der Waals surface area contributed by atoms with Crippen LogP contribution in [0.1, 0.15) is 60.8 Å². The van der Waals surface area contributed by atoms with Gasteiger partial charge >= 0.3 is 5.97 Å². The second kappa shape index (κ2) is 17.2. The zero-order valence-corrected chi connectivity index (χ0v) is 24.7. The van der Waals surface area contributed by atoms with Crippen LogP contribution < -0.4 is 10.6 Å². The van der Waals surface area contributed by atoms with Crippen LogP contribution >= 0.6 is 0 Å². The van der Waals surface area contributed by atoms with Gasteiger partial charge in [-0.15, -0.1) is 0 Å².